The molecule has 2 N–H and O–H groups in total. The van der Waals surface area contributed by atoms with Gasteiger partial charge in [-0.3, -0.25) is 4.79 Å². The number of rotatable bonds is 13. The van der Waals surface area contributed by atoms with Crippen LogP contribution in [0.15, 0.2) is 54.6 Å². The summed E-state index contributed by atoms with van der Waals surface area (Å²) in [5.74, 6) is 0.880. The van der Waals surface area contributed by atoms with E-state index in [1.165, 1.54) is 44.9 Å². The van der Waals surface area contributed by atoms with Crippen molar-refractivity contribution in [1.82, 2.24) is 10.6 Å². The van der Waals surface area contributed by atoms with Crippen LogP contribution in [0.3, 0.4) is 0 Å². The molecule has 0 aliphatic carbocycles. The fourth-order valence-corrected chi connectivity index (χ4v) is 5.36. The highest BCUT2D eigenvalue weighted by atomic mass is 16.5. The highest BCUT2D eigenvalue weighted by molar-refractivity contribution is 6.08. The molecule has 1 saturated heterocycles. The van der Waals surface area contributed by atoms with Crippen molar-refractivity contribution in [3.8, 4) is 5.75 Å². The van der Waals surface area contributed by atoms with Crippen molar-refractivity contribution in [1.29, 1.82) is 0 Å². The molecule has 0 aromatic heterocycles. The van der Waals surface area contributed by atoms with E-state index in [0.717, 1.165) is 25.3 Å². The molecule has 1 heterocycles. The van der Waals surface area contributed by atoms with E-state index >= 15 is 0 Å². The minimum Gasteiger partial charge on any atom is -0.494 e. The van der Waals surface area contributed by atoms with Crippen molar-refractivity contribution in [2.24, 2.45) is 0 Å². The smallest absolute Gasteiger partial charge is 0.193 e. The first kappa shape index (κ1) is 26.4. The topological polar surface area (TPSA) is 50.4 Å². The van der Waals surface area contributed by atoms with Crippen LogP contribution < -0.4 is 15.4 Å². The average molecular weight is 465 g/mol. The highest BCUT2D eigenvalue weighted by Gasteiger charge is 2.37. The molecule has 0 spiro atoms. The van der Waals surface area contributed by atoms with E-state index in [1.807, 2.05) is 54.6 Å². The van der Waals surface area contributed by atoms with Crippen LogP contribution in [0, 0.1) is 0 Å². The molecule has 0 bridgehead atoms. The third-order valence-electron chi connectivity index (χ3n) is 6.62. The lowest BCUT2D eigenvalue weighted by molar-refractivity contribution is 0.103. The molecule has 1 aliphatic heterocycles. The lowest BCUT2D eigenvalue weighted by Gasteiger charge is -2.46. The Morgan fingerprint density at radius 3 is 2.03 bits per heavy atom. The van der Waals surface area contributed by atoms with Crippen molar-refractivity contribution < 1.29 is 9.53 Å². The van der Waals surface area contributed by atoms with Gasteiger partial charge in [-0.2, -0.15) is 0 Å². The summed E-state index contributed by atoms with van der Waals surface area (Å²) in [6.07, 6.45) is 9.78. The van der Waals surface area contributed by atoms with Gasteiger partial charge in [0.2, 0.25) is 0 Å². The van der Waals surface area contributed by atoms with Gasteiger partial charge in [0.1, 0.15) is 5.75 Å². The van der Waals surface area contributed by atoms with Crippen LogP contribution >= 0.6 is 0 Å². The summed E-state index contributed by atoms with van der Waals surface area (Å²) >= 11 is 0. The Morgan fingerprint density at radius 2 is 1.38 bits per heavy atom. The number of piperidine rings is 1. The summed E-state index contributed by atoms with van der Waals surface area (Å²) in [6.45, 7) is 11.1. The molecular weight excluding hydrogens is 420 g/mol. The zero-order chi connectivity index (χ0) is 24.4. The van der Waals surface area contributed by atoms with Crippen molar-refractivity contribution >= 4 is 5.78 Å². The van der Waals surface area contributed by atoms with Crippen LogP contribution in [-0.4, -0.2) is 36.1 Å². The summed E-state index contributed by atoms with van der Waals surface area (Å²) < 4.78 is 5.87. The molecular formula is C30H44N2O2. The number of benzene rings is 2. The van der Waals surface area contributed by atoms with Crippen LogP contribution in [0.2, 0.25) is 0 Å². The number of nitrogens with one attached hydrogen (secondary N) is 2. The van der Waals surface area contributed by atoms with Gasteiger partial charge in [0.05, 0.1) is 6.61 Å². The summed E-state index contributed by atoms with van der Waals surface area (Å²) in [7, 11) is 0. The van der Waals surface area contributed by atoms with Crippen LogP contribution in [0.25, 0.3) is 0 Å². The number of hydrogen-bond donors (Lipinski definition) is 2. The second-order valence-corrected chi connectivity index (χ2v) is 11.1. The summed E-state index contributed by atoms with van der Waals surface area (Å²) in [6, 6.07) is 17.5. The number of carbonyl (C=O) groups is 1. The number of hydrogen-bond acceptors (Lipinski definition) is 4. The molecule has 4 nitrogen and oxygen atoms in total. The SMILES string of the molecule is CC1(C)CC(NCCCCCCCCOc2ccc(C(=O)c3ccccc3)cc2)CC(C)(C)N1. The van der Waals surface area contributed by atoms with Gasteiger partial charge in [-0.1, -0.05) is 56.0 Å². The van der Waals surface area contributed by atoms with Crippen LogP contribution in [0.4, 0.5) is 0 Å². The molecule has 1 fully saturated rings. The first-order valence-electron chi connectivity index (χ1n) is 13.1. The zero-order valence-electron chi connectivity index (χ0n) is 21.7. The van der Waals surface area contributed by atoms with E-state index in [9.17, 15) is 4.79 Å². The fraction of sp³-hybridized carbons (Fsp3) is 0.567. The Labute approximate surface area is 206 Å². The molecule has 2 aromatic rings. The Bertz CT molecular complexity index is 858. The van der Waals surface area contributed by atoms with Gasteiger partial charge < -0.3 is 15.4 Å². The fourth-order valence-electron chi connectivity index (χ4n) is 5.36. The van der Waals surface area contributed by atoms with Gasteiger partial charge in [0.25, 0.3) is 0 Å². The molecule has 0 atom stereocenters. The predicted octanol–water partition coefficient (Wildman–Crippen LogP) is 6.54. The minimum absolute atomic E-state index is 0.0470. The van der Waals surface area contributed by atoms with E-state index in [4.69, 9.17) is 4.74 Å². The Kier molecular flexibility index (Phi) is 9.73. The number of carbonyl (C=O) groups excluding carboxylic acids is 1. The van der Waals surface area contributed by atoms with E-state index < -0.39 is 0 Å². The predicted molar refractivity (Wildman–Crippen MR) is 142 cm³/mol. The molecule has 4 heteroatoms. The van der Waals surface area contributed by atoms with Gasteiger partial charge in [0, 0.05) is 28.2 Å². The van der Waals surface area contributed by atoms with E-state index in [-0.39, 0.29) is 16.9 Å². The molecule has 0 saturated carbocycles. The van der Waals surface area contributed by atoms with E-state index in [0.29, 0.717) is 17.2 Å². The molecule has 2 aromatic carbocycles. The van der Waals surface area contributed by atoms with Gasteiger partial charge in [-0.05, 0) is 84.2 Å². The maximum atomic E-state index is 12.5. The normalized spacial score (nSPS) is 17.4. The number of ketones is 1. The van der Waals surface area contributed by atoms with Crippen molar-refractivity contribution in [2.75, 3.05) is 13.2 Å². The Hall–Kier alpha value is -2.17. The molecule has 0 unspecified atom stereocenters. The molecule has 0 radical (unpaired) electrons. The molecule has 186 valence electrons. The highest BCUT2D eigenvalue weighted by Crippen LogP contribution is 2.28. The lowest BCUT2D eigenvalue weighted by atomic mass is 9.79. The number of unbranched alkanes of at least 4 members (excludes halogenated alkanes) is 5. The molecule has 3 rings (SSSR count). The van der Waals surface area contributed by atoms with Crippen LogP contribution in [0.5, 0.6) is 5.75 Å². The van der Waals surface area contributed by atoms with E-state index in [2.05, 4.69) is 38.3 Å². The van der Waals surface area contributed by atoms with Crippen molar-refractivity contribution in [3.05, 3.63) is 65.7 Å². The van der Waals surface area contributed by atoms with Crippen molar-refractivity contribution in [3.63, 3.8) is 0 Å². The number of ether oxygens (including phenoxy) is 1. The monoisotopic (exact) mass is 464 g/mol. The first-order chi connectivity index (χ1) is 16.2. The summed E-state index contributed by atoms with van der Waals surface area (Å²) in [5.41, 5.74) is 1.83. The van der Waals surface area contributed by atoms with Gasteiger partial charge in [0.15, 0.2) is 5.78 Å². The second kappa shape index (κ2) is 12.5. The van der Waals surface area contributed by atoms with Crippen molar-refractivity contribution in [2.45, 2.75) is 96.2 Å². The third kappa shape index (κ3) is 8.88. The van der Waals surface area contributed by atoms with Crippen LogP contribution in [0.1, 0.15) is 95.0 Å². The quantitative estimate of drug-likeness (QED) is 0.261. The maximum absolute atomic E-state index is 12.5. The Morgan fingerprint density at radius 1 is 0.824 bits per heavy atom. The summed E-state index contributed by atoms with van der Waals surface area (Å²) in [5, 5.41) is 7.56. The van der Waals surface area contributed by atoms with Gasteiger partial charge in [-0.25, -0.2) is 0 Å². The summed E-state index contributed by atoms with van der Waals surface area (Å²) in [4.78, 5) is 12.5. The van der Waals surface area contributed by atoms with Gasteiger partial charge >= 0.3 is 0 Å². The lowest BCUT2D eigenvalue weighted by Crippen LogP contribution is -2.61. The van der Waals surface area contributed by atoms with Gasteiger partial charge in [-0.15, -0.1) is 0 Å². The molecule has 34 heavy (non-hydrogen) atoms. The second-order valence-electron chi connectivity index (χ2n) is 11.1. The average Bonchev–Trinajstić information content (AvgIpc) is 2.79. The zero-order valence-corrected chi connectivity index (χ0v) is 21.7. The molecule has 1 aliphatic rings. The minimum atomic E-state index is 0.0470. The maximum Gasteiger partial charge on any atom is 0.193 e. The standard InChI is InChI=1S/C30H44N2O2/c1-29(2)22-26(23-30(3,4)32-29)31-20-12-7-5-6-8-13-21-34-27-18-16-25(17-19-27)28(33)24-14-10-9-11-15-24/h9-11,14-19,26,31-32H,5-8,12-13,20-23H2,1-4H3. The molecule has 0 amide bonds. The van der Waals surface area contributed by atoms with Crippen LogP contribution in [-0.2, 0) is 0 Å². The Balaban J connectivity index is 1.21. The largest absolute Gasteiger partial charge is 0.494 e. The van der Waals surface area contributed by atoms with E-state index in [1.54, 1.807) is 0 Å². The first-order valence-corrected chi connectivity index (χ1v) is 13.1. The third-order valence-corrected chi connectivity index (χ3v) is 6.62.